The summed E-state index contributed by atoms with van der Waals surface area (Å²) in [6.45, 7) is 5.57. The summed E-state index contributed by atoms with van der Waals surface area (Å²) in [5.74, 6) is 0.199. The lowest BCUT2D eigenvalue weighted by atomic mass is 10.1. The third-order valence-electron chi connectivity index (χ3n) is 3.03. The molecule has 0 aliphatic rings. The summed E-state index contributed by atoms with van der Waals surface area (Å²) in [4.78, 5) is 22.7. The van der Waals surface area contributed by atoms with E-state index < -0.39 is 0 Å². The Hall–Kier alpha value is -1.06. The second kappa shape index (κ2) is 13.4. The molecule has 0 saturated carbocycles. The van der Waals surface area contributed by atoms with E-state index in [1.54, 1.807) is 0 Å². The highest BCUT2D eigenvalue weighted by Crippen LogP contribution is 2.02. The summed E-state index contributed by atoms with van der Waals surface area (Å²) >= 11 is 0. The molecule has 0 heterocycles. The largest absolute Gasteiger partial charge is 0.356 e. The SMILES string of the molecule is CCCCCCCNC(=O)CCCCC(=O)NCC. The molecular formula is C15H30N2O2. The summed E-state index contributed by atoms with van der Waals surface area (Å²) in [5, 5.41) is 5.69. The van der Waals surface area contributed by atoms with Gasteiger partial charge in [-0.1, -0.05) is 32.6 Å². The molecule has 0 unspecified atom stereocenters. The molecule has 0 saturated heterocycles. The van der Waals surface area contributed by atoms with Crippen molar-refractivity contribution >= 4 is 11.8 Å². The van der Waals surface area contributed by atoms with Crippen molar-refractivity contribution in [2.75, 3.05) is 13.1 Å². The molecule has 0 radical (unpaired) electrons. The van der Waals surface area contributed by atoms with Crippen LogP contribution >= 0.6 is 0 Å². The molecular weight excluding hydrogens is 240 g/mol. The molecule has 0 aromatic rings. The Morgan fingerprint density at radius 2 is 1.32 bits per heavy atom. The van der Waals surface area contributed by atoms with E-state index in [4.69, 9.17) is 0 Å². The molecule has 0 aromatic carbocycles. The maximum Gasteiger partial charge on any atom is 0.219 e. The monoisotopic (exact) mass is 270 g/mol. The minimum atomic E-state index is 0.0823. The molecule has 112 valence electrons. The molecule has 0 fully saturated rings. The van der Waals surface area contributed by atoms with E-state index >= 15 is 0 Å². The van der Waals surface area contributed by atoms with Crippen LogP contribution in [0, 0.1) is 0 Å². The van der Waals surface area contributed by atoms with Crippen molar-refractivity contribution in [2.24, 2.45) is 0 Å². The van der Waals surface area contributed by atoms with Gasteiger partial charge in [-0.3, -0.25) is 9.59 Å². The Kier molecular flexibility index (Phi) is 12.6. The zero-order valence-corrected chi connectivity index (χ0v) is 12.6. The second-order valence-electron chi connectivity index (χ2n) is 4.92. The maximum absolute atomic E-state index is 11.5. The first-order valence-electron chi connectivity index (χ1n) is 7.74. The van der Waals surface area contributed by atoms with E-state index in [0.717, 1.165) is 25.8 Å². The third-order valence-corrected chi connectivity index (χ3v) is 3.03. The van der Waals surface area contributed by atoms with E-state index in [-0.39, 0.29) is 11.8 Å². The van der Waals surface area contributed by atoms with Crippen LogP contribution in [0.15, 0.2) is 0 Å². The van der Waals surface area contributed by atoms with E-state index in [0.29, 0.717) is 19.4 Å². The minimum absolute atomic E-state index is 0.0823. The lowest BCUT2D eigenvalue weighted by Gasteiger charge is -2.05. The lowest BCUT2D eigenvalue weighted by Crippen LogP contribution is -2.24. The van der Waals surface area contributed by atoms with Crippen LogP contribution in [0.25, 0.3) is 0 Å². The van der Waals surface area contributed by atoms with E-state index in [1.165, 1.54) is 25.7 Å². The van der Waals surface area contributed by atoms with Crippen LogP contribution in [0.1, 0.15) is 71.6 Å². The van der Waals surface area contributed by atoms with Gasteiger partial charge in [0.05, 0.1) is 0 Å². The smallest absolute Gasteiger partial charge is 0.219 e. The minimum Gasteiger partial charge on any atom is -0.356 e. The van der Waals surface area contributed by atoms with Crippen LogP contribution in [0.4, 0.5) is 0 Å². The van der Waals surface area contributed by atoms with Crippen molar-refractivity contribution in [1.82, 2.24) is 10.6 Å². The fourth-order valence-corrected chi connectivity index (χ4v) is 1.90. The van der Waals surface area contributed by atoms with Crippen LogP contribution < -0.4 is 10.6 Å². The van der Waals surface area contributed by atoms with Crippen LogP contribution in [0.2, 0.25) is 0 Å². The molecule has 0 atom stereocenters. The van der Waals surface area contributed by atoms with Crippen molar-refractivity contribution in [2.45, 2.75) is 71.6 Å². The van der Waals surface area contributed by atoms with Crippen LogP contribution in [0.5, 0.6) is 0 Å². The molecule has 0 spiro atoms. The van der Waals surface area contributed by atoms with Crippen molar-refractivity contribution in [3.8, 4) is 0 Å². The van der Waals surface area contributed by atoms with Gasteiger partial charge in [-0.05, 0) is 26.2 Å². The summed E-state index contributed by atoms with van der Waals surface area (Å²) in [5.41, 5.74) is 0. The molecule has 0 aliphatic heterocycles. The topological polar surface area (TPSA) is 58.2 Å². The molecule has 0 bridgehead atoms. The molecule has 4 nitrogen and oxygen atoms in total. The zero-order valence-electron chi connectivity index (χ0n) is 12.6. The number of nitrogens with one attached hydrogen (secondary N) is 2. The van der Waals surface area contributed by atoms with Gasteiger partial charge in [0.25, 0.3) is 0 Å². The highest BCUT2D eigenvalue weighted by molar-refractivity contribution is 5.76. The highest BCUT2D eigenvalue weighted by Gasteiger charge is 2.02. The third kappa shape index (κ3) is 13.2. The summed E-state index contributed by atoms with van der Waals surface area (Å²) < 4.78 is 0. The van der Waals surface area contributed by atoms with Gasteiger partial charge in [-0.2, -0.15) is 0 Å². The fourth-order valence-electron chi connectivity index (χ4n) is 1.90. The van der Waals surface area contributed by atoms with E-state index in [2.05, 4.69) is 17.6 Å². The lowest BCUT2D eigenvalue weighted by molar-refractivity contribution is -0.123. The predicted octanol–water partition coefficient (Wildman–Crippen LogP) is 2.77. The van der Waals surface area contributed by atoms with Gasteiger partial charge in [0, 0.05) is 25.9 Å². The van der Waals surface area contributed by atoms with Gasteiger partial charge in [0.15, 0.2) is 0 Å². The quantitative estimate of drug-likeness (QED) is 0.536. The number of carbonyl (C=O) groups excluding carboxylic acids is 2. The summed E-state index contributed by atoms with van der Waals surface area (Å²) in [7, 11) is 0. The first-order chi connectivity index (χ1) is 9.20. The van der Waals surface area contributed by atoms with E-state index in [1.807, 2.05) is 6.92 Å². The first kappa shape index (κ1) is 17.9. The van der Waals surface area contributed by atoms with Gasteiger partial charge < -0.3 is 10.6 Å². The number of amides is 2. The normalized spacial score (nSPS) is 10.2. The number of carbonyl (C=O) groups is 2. The van der Waals surface area contributed by atoms with Gasteiger partial charge >= 0.3 is 0 Å². The number of rotatable bonds is 12. The van der Waals surface area contributed by atoms with Crippen molar-refractivity contribution in [3.05, 3.63) is 0 Å². The average Bonchev–Trinajstić information content (AvgIpc) is 2.39. The maximum atomic E-state index is 11.5. The summed E-state index contributed by atoms with van der Waals surface area (Å²) in [6, 6.07) is 0. The molecule has 0 aromatic heterocycles. The highest BCUT2D eigenvalue weighted by atomic mass is 16.2. The second-order valence-corrected chi connectivity index (χ2v) is 4.92. The molecule has 4 heteroatoms. The Balaban J connectivity index is 3.28. The Bertz CT molecular complexity index is 242. The number of unbranched alkanes of at least 4 members (excludes halogenated alkanes) is 5. The molecule has 0 aliphatic carbocycles. The average molecular weight is 270 g/mol. The predicted molar refractivity (Wildman–Crippen MR) is 78.9 cm³/mol. The molecule has 2 amide bonds. The van der Waals surface area contributed by atoms with Gasteiger partial charge in [-0.15, -0.1) is 0 Å². The van der Waals surface area contributed by atoms with Gasteiger partial charge in [0.2, 0.25) is 11.8 Å². The van der Waals surface area contributed by atoms with Crippen LogP contribution in [-0.4, -0.2) is 24.9 Å². The molecule has 19 heavy (non-hydrogen) atoms. The summed E-state index contributed by atoms with van der Waals surface area (Å²) in [6.07, 6.45) is 8.71. The van der Waals surface area contributed by atoms with Crippen molar-refractivity contribution in [1.29, 1.82) is 0 Å². The van der Waals surface area contributed by atoms with E-state index in [9.17, 15) is 9.59 Å². The zero-order chi connectivity index (χ0) is 14.3. The molecule has 2 N–H and O–H groups in total. The van der Waals surface area contributed by atoms with Crippen LogP contribution in [0.3, 0.4) is 0 Å². The standard InChI is InChI=1S/C15H30N2O2/c1-3-5-6-7-10-13-17-15(19)12-9-8-11-14(18)16-4-2/h3-13H2,1-2H3,(H,16,18)(H,17,19). The fraction of sp³-hybridized carbons (Fsp3) is 0.867. The van der Waals surface area contributed by atoms with Gasteiger partial charge in [0.1, 0.15) is 0 Å². The Labute approximate surface area is 117 Å². The van der Waals surface area contributed by atoms with Crippen molar-refractivity contribution in [3.63, 3.8) is 0 Å². The van der Waals surface area contributed by atoms with Gasteiger partial charge in [-0.25, -0.2) is 0 Å². The number of hydrogen-bond donors (Lipinski definition) is 2. The Morgan fingerprint density at radius 1 is 0.737 bits per heavy atom. The Morgan fingerprint density at radius 3 is 1.89 bits per heavy atom. The number of hydrogen-bond acceptors (Lipinski definition) is 2. The van der Waals surface area contributed by atoms with Crippen LogP contribution in [-0.2, 0) is 9.59 Å². The first-order valence-corrected chi connectivity index (χ1v) is 7.74. The molecule has 0 rings (SSSR count). The van der Waals surface area contributed by atoms with Crippen molar-refractivity contribution < 1.29 is 9.59 Å².